The summed E-state index contributed by atoms with van der Waals surface area (Å²) < 4.78 is 12.9. The lowest BCUT2D eigenvalue weighted by Crippen LogP contribution is -2.24. The van der Waals surface area contributed by atoms with Crippen molar-refractivity contribution in [3.8, 4) is 11.8 Å². The molecule has 2 aromatic heterocycles. The van der Waals surface area contributed by atoms with Crippen molar-refractivity contribution in [2.45, 2.75) is 26.3 Å². The fourth-order valence-corrected chi connectivity index (χ4v) is 2.91. The molecule has 1 amide bonds. The maximum absolute atomic E-state index is 12.7. The molecule has 4 rings (SSSR count). The van der Waals surface area contributed by atoms with Crippen molar-refractivity contribution in [2.24, 2.45) is 0 Å². The molecule has 28 heavy (non-hydrogen) atoms. The van der Waals surface area contributed by atoms with Gasteiger partial charge in [0.15, 0.2) is 0 Å². The summed E-state index contributed by atoms with van der Waals surface area (Å²) in [6, 6.07) is 19.1. The SMILES string of the molecule is CC(C)c1c(C(=O)NCc2ccccc2)oc2nc(Oc3ccccc3)nn12. The van der Waals surface area contributed by atoms with Gasteiger partial charge in [0.2, 0.25) is 5.76 Å². The van der Waals surface area contributed by atoms with Gasteiger partial charge in [-0.05, 0) is 23.6 Å². The molecule has 0 atom stereocenters. The number of fused-ring (bicyclic) bond motifs is 1. The first-order valence-corrected chi connectivity index (χ1v) is 9.06. The van der Waals surface area contributed by atoms with Crippen LogP contribution in [0.3, 0.4) is 0 Å². The standard InChI is InChI=1S/C21H20N4O3/c1-14(2)17-18(19(26)22-13-15-9-5-3-6-10-15)28-21-23-20(24-25(17)21)27-16-11-7-4-8-12-16/h3-12,14H,13H2,1-2H3,(H,22,26). The van der Waals surface area contributed by atoms with E-state index < -0.39 is 0 Å². The van der Waals surface area contributed by atoms with Crippen LogP contribution < -0.4 is 10.1 Å². The Balaban J connectivity index is 1.59. The van der Waals surface area contributed by atoms with E-state index in [0.717, 1.165) is 5.56 Å². The van der Waals surface area contributed by atoms with Crippen LogP contribution in [-0.4, -0.2) is 20.5 Å². The van der Waals surface area contributed by atoms with Crippen molar-refractivity contribution in [1.82, 2.24) is 19.9 Å². The number of rotatable bonds is 6. The summed E-state index contributed by atoms with van der Waals surface area (Å²) in [4.78, 5) is 16.9. The van der Waals surface area contributed by atoms with Crippen LogP contribution in [0.5, 0.6) is 11.8 Å². The van der Waals surface area contributed by atoms with E-state index in [1.165, 1.54) is 4.52 Å². The number of nitrogens with zero attached hydrogens (tertiary/aromatic N) is 3. The molecule has 0 radical (unpaired) electrons. The van der Waals surface area contributed by atoms with E-state index in [-0.39, 0.29) is 29.4 Å². The van der Waals surface area contributed by atoms with Gasteiger partial charge in [-0.2, -0.15) is 4.52 Å². The highest BCUT2D eigenvalue weighted by molar-refractivity contribution is 5.93. The van der Waals surface area contributed by atoms with Crippen molar-refractivity contribution in [2.75, 3.05) is 0 Å². The first kappa shape index (κ1) is 17.8. The van der Waals surface area contributed by atoms with Crippen LogP contribution in [0.15, 0.2) is 65.1 Å². The molecule has 0 aliphatic carbocycles. The van der Waals surface area contributed by atoms with Gasteiger partial charge >= 0.3 is 11.9 Å². The normalized spacial score (nSPS) is 11.1. The van der Waals surface area contributed by atoms with Crippen molar-refractivity contribution in [3.63, 3.8) is 0 Å². The van der Waals surface area contributed by atoms with Crippen LogP contribution in [0.25, 0.3) is 5.84 Å². The molecule has 0 aliphatic rings. The summed E-state index contributed by atoms with van der Waals surface area (Å²) >= 11 is 0. The Hall–Kier alpha value is -3.61. The minimum Gasteiger partial charge on any atom is -0.423 e. The zero-order valence-corrected chi connectivity index (χ0v) is 15.6. The van der Waals surface area contributed by atoms with Gasteiger partial charge in [0.05, 0.1) is 5.69 Å². The number of aromatic nitrogens is 3. The number of para-hydroxylation sites is 1. The van der Waals surface area contributed by atoms with Crippen LogP contribution in [0.4, 0.5) is 0 Å². The Labute approximate surface area is 162 Å². The highest BCUT2D eigenvalue weighted by Crippen LogP contribution is 2.26. The molecular weight excluding hydrogens is 356 g/mol. The summed E-state index contributed by atoms with van der Waals surface area (Å²) in [6.07, 6.45) is 0. The van der Waals surface area contributed by atoms with Gasteiger partial charge in [0.1, 0.15) is 5.75 Å². The van der Waals surface area contributed by atoms with Gasteiger partial charge in [0.25, 0.3) is 5.91 Å². The highest BCUT2D eigenvalue weighted by atomic mass is 16.5. The molecule has 2 heterocycles. The van der Waals surface area contributed by atoms with Gasteiger partial charge in [-0.15, -0.1) is 10.1 Å². The molecular formula is C21H20N4O3. The van der Waals surface area contributed by atoms with E-state index in [9.17, 15) is 4.79 Å². The lowest BCUT2D eigenvalue weighted by atomic mass is 10.1. The summed E-state index contributed by atoms with van der Waals surface area (Å²) in [5.74, 6) is 0.768. The molecule has 0 fully saturated rings. The van der Waals surface area contributed by atoms with Gasteiger partial charge < -0.3 is 14.5 Å². The molecule has 142 valence electrons. The molecule has 0 aliphatic heterocycles. The first-order valence-electron chi connectivity index (χ1n) is 9.06. The Morgan fingerprint density at radius 1 is 1.11 bits per heavy atom. The van der Waals surface area contributed by atoms with Crippen molar-refractivity contribution >= 4 is 11.8 Å². The second-order valence-corrected chi connectivity index (χ2v) is 6.64. The summed E-state index contributed by atoms with van der Waals surface area (Å²) in [6.45, 7) is 4.35. The van der Waals surface area contributed by atoms with Crippen molar-refractivity contribution in [1.29, 1.82) is 0 Å². The van der Waals surface area contributed by atoms with Crippen LogP contribution in [0, 0.1) is 0 Å². The highest BCUT2D eigenvalue weighted by Gasteiger charge is 2.26. The van der Waals surface area contributed by atoms with Gasteiger partial charge in [-0.25, -0.2) is 0 Å². The smallest absolute Gasteiger partial charge is 0.344 e. The maximum Gasteiger partial charge on any atom is 0.344 e. The van der Waals surface area contributed by atoms with Crippen molar-refractivity contribution in [3.05, 3.63) is 77.7 Å². The average Bonchev–Trinajstić information content (AvgIpc) is 3.24. The monoisotopic (exact) mass is 376 g/mol. The van der Waals surface area contributed by atoms with Gasteiger partial charge in [-0.1, -0.05) is 62.4 Å². The lowest BCUT2D eigenvalue weighted by Gasteiger charge is -2.07. The molecule has 0 unspecified atom stereocenters. The Kier molecular flexibility index (Phi) is 4.80. The van der Waals surface area contributed by atoms with Crippen molar-refractivity contribution < 1.29 is 13.9 Å². The largest absolute Gasteiger partial charge is 0.423 e. The van der Waals surface area contributed by atoms with E-state index in [1.807, 2.05) is 74.5 Å². The van der Waals surface area contributed by atoms with Crippen LogP contribution >= 0.6 is 0 Å². The third kappa shape index (κ3) is 3.59. The minimum atomic E-state index is -0.301. The van der Waals surface area contributed by atoms with E-state index in [0.29, 0.717) is 18.0 Å². The zero-order valence-electron chi connectivity index (χ0n) is 15.6. The molecule has 0 bridgehead atoms. The van der Waals surface area contributed by atoms with Crippen LogP contribution in [-0.2, 0) is 6.54 Å². The Bertz CT molecular complexity index is 1090. The van der Waals surface area contributed by atoms with Gasteiger partial charge in [0, 0.05) is 6.54 Å². The van der Waals surface area contributed by atoms with E-state index in [4.69, 9.17) is 9.15 Å². The number of oxazole rings is 1. The van der Waals surface area contributed by atoms with Crippen LogP contribution in [0.2, 0.25) is 0 Å². The molecule has 4 aromatic rings. The zero-order chi connectivity index (χ0) is 19.5. The number of ether oxygens (including phenoxy) is 1. The number of carbonyl (C=O) groups is 1. The molecule has 1 N–H and O–H groups in total. The molecule has 0 spiro atoms. The summed E-state index contributed by atoms with van der Waals surface area (Å²) in [5.41, 5.74) is 1.66. The maximum atomic E-state index is 12.7. The van der Waals surface area contributed by atoms with E-state index in [2.05, 4.69) is 15.4 Å². The Morgan fingerprint density at radius 3 is 2.46 bits per heavy atom. The Morgan fingerprint density at radius 2 is 1.79 bits per heavy atom. The lowest BCUT2D eigenvalue weighted by molar-refractivity contribution is 0.0923. The minimum absolute atomic E-state index is 0.00463. The summed E-state index contributed by atoms with van der Waals surface area (Å²) in [5, 5.41) is 7.24. The molecule has 0 saturated heterocycles. The number of amides is 1. The number of benzene rings is 2. The molecule has 7 nitrogen and oxygen atoms in total. The predicted octanol–water partition coefficient (Wildman–Crippen LogP) is 4.17. The predicted molar refractivity (Wildman–Crippen MR) is 103 cm³/mol. The second kappa shape index (κ2) is 7.56. The van der Waals surface area contributed by atoms with E-state index in [1.54, 1.807) is 0 Å². The summed E-state index contributed by atoms with van der Waals surface area (Å²) in [7, 11) is 0. The third-order valence-corrected chi connectivity index (χ3v) is 4.21. The molecule has 0 saturated carbocycles. The third-order valence-electron chi connectivity index (χ3n) is 4.21. The average molecular weight is 376 g/mol. The van der Waals surface area contributed by atoms with Crippen LogP contribution in [0.1, 0.15) is 41.6 Å². The fourth-order valence-electron chi connectivity index (χ4n) is 2.91. The number of hydrogen-bond acceptors (Lipinski definition) is 5. The fraction of sp³-hybridized carbons (Fsp3) is 0.190. The second-order valence-electron chi connectivity index (χ2n) is 6.64. The number of nitrogens with one attached hydrogen (secondary N) is 1. The molecule has 7 heteroatoms. The van der Waals surface area contributed by atoms with Gasteiger partial charge in [-0.3, -0.25) is 4.79 Å². The van der Waals surface area contributed by atoms with E-state index >= 15 is 0 Å². The topological polar surface area (TPSA) is 81.7 Å². The quantitative estimate of drug-likeness (QED) is 0.546. The molecule has 2 aromatic carbocycles. The number of carbonyl (C=O) groups excluding carboxylic acids is 1. The number of hydrogen-bond donors (Lipinski definition) is 1. The first-order chi connectivity index (χ1) is 13.6.